The van der Waals surface area contributed by atoms with Gasteiger partial charge in [0.1, 0.15) is 6.67 Å². The van der Waals surface area contributed by atoms with Crippen molar-refractivity contribution >= 4 is 0 Å². The van der Waals surface area contributed by atoms with Crippen LogP contribution in [0.25, 0.3) is 0 Å². The molecule has 1 atom stereocenters. The lowest BCUT2D eigenvalue weighted by atomic mass is 10.2. The van der Waals surface area contributed by atoms with Crippen LogP contribution >= 0.6 is 0 Å². The Balaban J connectivity index is 2.89. The molecule has 0 heterocycles. The van der Waals surface area contributed by atoms with Gasteiger partial charge in [-0.2, -0.15) is 0 Å². The number of benzene rings is 1. The first-order chi connectivity index (χ1) is 8.40. The van der Waals surface area contributed by atoms with Gasteiger partial charge in [-0.1, -0.05) is 0 Å². The minimum Gasteiger partial charge on any atom is -0.373 e. The summed E-state index contributed by atoms with van der Waals surface area (Å²) in [7, 11) is 0. The number of alkyl halides is 2. The molecule has 18 heavy (non-hydrogen) atoms. The van der Waals surface area contributed by atoms with Gasteiger partial charge < -0.3 is 4.74 Å². The standard InChI is InChI=1S/C10H7F7O/c11-1-4(12)2-18-3-5-6(13)8(15)10(17)9(16)7(5)14/h4H,1-3H2. The lowest BCUT2D eigenvalue weighted by molar-refractivity contribution is 0.0559. The van der Waals surface area contributed by atoms with E-state index in [1.807, 2.05) is 0 Å². The Morgan fingerprint density at radius 2 is 1.28 bits per heavy atom. The van der Waals surface area contributed by atoms with E-state index in [4.69, 9.17) is 0 Å². The zero-order chi connectivity index (χ0) is 13.9. The van der Waals surface area contributed by atoms with Gasteiger partial charge in [0.05, 0.1) is 18.8 Å². The molecule has 0 radical (unpaired) electrons. The lowest BCUT2D eigenvalue weighted by Gasteiger charge is -2.09. The molecule has 0 aliphatic rings. The number of hydrogen-bond donors (Lipinski definition) is 0. The second kappa shape index (κ2) is 6.03. The summed E-state index contributed by atoms with van der Waals surface area (Å²) in [6.07, 6.45) is -2.02. The Hall–Kier alpha value is -1.31. The van der Waals surface area contributed by atoms with E-state index in [2.05, 4.69) is 4.74 Å². The Morgan fingerprint density at radius 3 is 1.72 bits per heavy atom. The number of rotatable bonds is 5. The molecular weight excluding hydrogens is 269 g/mol. The first kappa shape index (κ1) is 14.7. The van der Waals surface area contributed by atoms with Crippen molar-refractivity contribution < 1.29 is 35.5 Å². The molecular formula is C10H7F7O. The monoisotopic (exact) mass is 276 g/mol. The minimum atomic E-state index is -2.29. The maximum absolute atomic E-state index is 13.0. The molecule has 1 aromatic rings. The molecule has 0 aromatic heterocycles. The largest absolute Gasteiger partial charge is 0.373 e. The van der Waals surface area contributed by atoms with Crippen LogP contribution in [0, 0.1) is 29.1 Å². The average Bonchev–Trinajstić information content (AvgIpc) is 2.37. The zero-order valence-electron chi connectivity index (χ0n) is 8.75. The first-order valence-electron chi connectivity index (χ1n) is 4.68. The highest BCUT2D eigenvalue weighted by Gasteiger charge is 2.25. The highest BCUT2D eigenvalue weighted by molar-refractivity contribution is 5.23. The summed E-state index contributed by atoms with van der Waals surface area (Å²) in [6, 6.07) is 0. The normalized spacial score (nSPS) is 12.8. The zero-order valence-corrected chi connectivity index (χ0v) is 8.75. The average molecular weight is 276 g/mol. The van der Waals surface area contributed by atoms with Crippen molar-refractivity contribution in [2.75, 3.05) is 13.3 Å². The number of ether oxygens (including phenoxy) is 1. The van der Waals surface area contributed by atoms with Crippen molar-refractivity contribution in [1.29, 1.82) is 0 Å². The van der Waals surface area contributed by atoms with Crippen molar-refractivity contribution in [3.63, 3.8) is 0 Å². The summed E-state index contributed by atoms with van der Waals surface area (Å²) < 4.78 is 92.5. The summed E-state index contributed by atoms with van der Waals surface area (Å²) in [5, 5.41) is 0. The van der Waals surface area contributed by atoms with Crippen molar-refractivity contribution in [3.05, 3.63) is 34.6 Å². The SMILES string of the molecule is FCC(F)COCc1c(F)c(F)c(F)c(F)c1F. The van der Waals surface area contributed by atoms with Gasteiger partial charge in [0, 0.05) is 0 Å². The third-order valence-electron chi connectivity index (χ3n) is 2.01. The summed E-state index contributed by atoms with van der Waals surface area (Å²) >= 11 is 0. The van der Waals surface area contributed by atoms with Crippen LogP contribution < -0.4 is 0 Å². The first-order valence-corrected chi connectivity index (χ1v) is 4.68. The van der Waals surface area contributed by atoms with Crippen LogP contribution in [0.1, 0.15) is 5.56 Å². The molecule has 1 rings (SSSR count). The van der Waals surface area contributed by atoms with Gasteiger partial charge in [0.2, 0.25) is 5.82 Å². The van der Waals surface area contributed by atoms with E-state index in [-0.39, 0.29) is 0 Å². The minimum absolute atomic E-state index is 0.851. The van der Waals surface area contributed by atoms with Gasteiger partial charge in [-0.05, 0) is 0 Å². The van der Waals surface area contributed by atoms with Crippen LogP contribution in [-0.2, 0) is 11.3 Å². The third kappa shape index (κ3) is 2.92. The molecule has 0 aliphatic carbocycles. The van der Waals surface area contributed by atoms with E-state index in [1.54, 1.807) is 0 Å². The van der Waals surface area contributed by atoms with Crippen LogP contribution in [-0.4, -0.2) is 19.5 Å². The fraction of sp³-hybridized carbons (Fsp3) is 0.400. The molecule has 102 valence electrons. The van der Waals surface area contributed by atoms with E-state index in [9.17, 15) is 30.7 Å². The molecule has 8 heteroatoms. The van der Waals surface area contributed by atoms with Crippen LogP contribution in [0.5, 0.6) is 0 Å². The van der Waals surface area contributed by atoms with E-state index < -0.39 is 60.7 Å². The van der Waals surface area contributed by atoms with Crippen LogP contribution in [0.2, 0.25) is 0 Å². The van der Waals surface area contributed by atoms with Gasteiger partial charge >= 0.3 is 0 Å². The fourth-order valence-corrected chi connectivity index (χ4v) is 1.11. The summed E-state index contributed by atoms with van der Waals surface area (Å²) in [4.78, 5) is 0. The second-order valence-electron chi connectivity index (χ2n) is 3.32. The summed E-state index contributed by atoms with van der Waals surface area (Å²) in [5.74, 6) is -10.6. The quantitative estimate of drug-likeness (QED) is 0.456. The Morgan fingerprint density at radius 1 is 0.833 bits per heavy atom. The third-order valence-corrected chi connectivity index (χ3v) is 2.01. The van der Waals surface area contributed by atoms with Crippen molar-refractivity contribution in [2.24, 2.45) is 0 Å². The van der Waals surface area contributed by atoms with E-state index in [1.165, 1.54) is 0 Å². The Kier molecular flexibility index (Phi) is 4.94. The van der Waals surface area contributed by atoms with Crippen LogP contribution in [0.4, 0.5) is 30.7 Å². The molecule has 1 aromatic carbocycles. The molecule has 1 unspecified atom stereocenters. The topological polar surface area (TPSA) is 9.23 Å². The van der Waals surface area contributed by atoms with Gasteiger partial charge in [-0.15, -0.1) is 0 Å². The predicted molar refractivity (Wildman–Crippen MR) is 46.8 cm³/mol. The lowest BCUT2D eigenvalue weighted by Crippen LogP contribution is -2.14. The van der Waals surface area contributed by atoms with Gasteiger partial charge in [0.25, 0.3) is 0 Å². The highest BCUT2D eigenvalue weighted by atomic mass is 19.2. The highest BCUT2D eigenvalue weighted by Crippen LogP contribution is 2.23. The molecule has 0 fully saturated rings. The molecule has 0 bridgehead atoms. The van der Waals surface area contributed by atoms with Gasteiger partial charge in [-0.25, -0.2) is 30.7 Å². The summed E-state index contributed by atoms with van der Waals surface area (Å²) in [6.45, 7) is -3.28. The second-order valence-corrected chi connectivity index (χ2v) is 3.32. The maximum Gasteiger partial charge on any atom is 0.200 e. The summed E-state index contributed by atoms with van der Waals surface area (Å²) in [5.41, 5.74) is -1.22. The maximum atomic E-state index is 13.0. The number of hydrogen-bond acceptors (Lipinski definition) is 1. The van der Waals surface area contributed by atoms with Gasteiger partial charge in [-0.3, -0.25) is 0 Å². The van der Waals surface area contributed by atoms with E-state index >= 15 is 0 Å². The molecule has 0 spiro atoms. The molecule has 0 saturated carbocycles. The molecule has 0 amide bonds. The van der Waals surface area contributed by atoms with Crippen molar-refractivity contribution in [1.82, 2.24) is 0 Å². The van der Waals surface area contributed by atoms with Crippen LogP contribution in [0.3, 0.4) is 0 Å². The number of halogens is 7. The van der Waals surface area contributed by atoms with Crippen molar-refractivity contribution in [2.45, 2.75) is 12.8 Å². The van der Waals surface area contributed by atoms with Crippen molar-refractivity contribution in [3.8, 4) is 0 Å². The Labute approximate surface area is 97.2 Å². The van der Waals surface area contributed by atoms with E-state index in [0.717, 1.165) is 0 Å². The fourth-order valence-electron chi connectivity index (χ4n) is 1.11. The molecule has 0 N–H and O–H groups in total. The molecule has 0 aliphatic heterocycles. The predicted octanol–water partition coefficient (Wildman–Crippen LogP) is 3.21. The van der Waals surface area contributed by atoms with Gasteiger partial charge in [0.15, 0.2) is 29.4 Å². The molecule has 0 saturated heterocycles. The van der Waals surface area contributed by atoms with E-state index in [0.29, 0.717) is 0 Å². The van der Waals surface area contributed by atoms with Crippen LogP contribution in [0.15, 0.2) is 0 Å². The Bertz CT molecular complexity index is 406. The smallest absolute Gasteiger partial charge is 0.200 e. The molecule has 1 nitrogen and oxygen atoms in total.